The Morgan fingerprint density at radius 1 is 0.545 bits per heavy atom. The Kier molecular flexibility index (Phi) is 7.05. The van der Waals surface area contributed by atoms with Crippen LogP contribution in [0.25, 0.3) is 0 Å². The first-order valence-corrected chi connectivity index (χ1v) is 23.7. The van der Waals surface area contributed by atoms with Crippen LogP contribution in [-0.2, 0) is 21.1 Å². The van der Waals surface area contributed by atoms with Gasteiger partial charge in [-0.15, -0.1) is 0 Å². The van der Waals surface area contributed by atoms with Crippen molar-refractivity contribution in [2.75, 3.05) is 0 Å². The van der Waals surface area contributed by atoms with Crippen LogP contribution < -0.4 is 16.0 Å². The van der Waals surface area contributed by atoms with Crippen LogP contribution in [-0.4, -0.2) is 16.1 Å². The van der Waals surface area contributed by atoms with Gasteiger partial charge in [-0.1, -0.05) is 0 Å². The van der Waals surface area contributed by atoms with E-state index in [1.54, 1.807) is 0 Å². The fourth-order valence-electron chi connectivity index (χ4n) is 4.61. The van der Waals surface area contributed by atoms with Gasteiger partial charge in [0, 0.05) is 0 Å². The van der Waals surface area contributed by atoms with Gasteiger partial charge in [0.1, 0.15) is 0 Å². The Hall–Kier alpha value is -1.68. The number of benzene rings is 2. The third-order valence-corrected chi connectivity index (χ3v) is 19.5. The van der Waals surface area contributed by atoms with Gasteiger partial charge < -0.3 is 0 Å². The molecule has 0 N–H and O–H groups in total. The summed E-state index contributed by atoms with van der Waals surface area (Å²) in [5.41, 5.74) is 0. The van der Waals surface area contributed by atoms with Gasteiger partial charge in [-0.3, -0.25) is 0 Å². The predicted molar refractivity (Wildman–Crippen MR) is 144 cm³/mol. The van der Waals surface area contributed by atoms with Crippen molar-refractivity contribution in [1.29, 1.82) is 0 Å². The molecular formula is C28H36O2Si2Zr. The van der Waals surface area contributed by atoms with Gasteiger partial charge in [-0.2, -0.15) is 0 Å². The average molecular weight is 552 g/mol. The van der Waals surface area contributed by atoms with E-state index in [0.29, 0.717) is 0 Å². The molecule has 2 nitrogen and oxygen atoms in total. The number of allylic oxidation sites excluding steroid dienone is 8. The molecule has 2 aliphatic rings. The van der Waals surface area contributed by atoms with Crippen LogP contribution in [0.1, 0.15) is 0 Å². The molecule has 0 aliphatic heterocycles. The second-order valence-electron chi connectivity index (χ2n) is 11.0. The molecule has 0 atom stereocenters. The van der Waals surface area contributed by atoms with Gasteiger partial charge in [0.25, 0.3) is 0 Å². The summed E-state index contributed by atoms with van der Waals surface area (Å²) in [4.78, 5) is 0. The van der Waals surface area contributed by atoms with Gasteiger partial charge in [-0.25, -0.2) is 0 Å². The molecule has 0 aromatic heterocycles. The van der Waals surface area contributed by atoms with Crippen LogP contribution in [0.5, 0.6) is 11.5 Å². The Labute approximate surface area is 207 Å². The molecule has 0 fully saturated rings. The van der Waals surface area contributed by atoms with Crippen LogP contribution in [0.2, 0.25) is 46.5 Å². The molecule has 0 bridgehead atoms. The maximum absolute atomic E-state index is 7.33. The van der Waals surface area contributed by atoms with E-state index < -0.39 is 37.3 Å². The topological polar surface area (TPSA) is 18.5 Å². The van der Waals surface area contributed by atoms with Crippen molar-refractivity contribution in [3.8, 4) is 11.5 Å². The first-order chi connectivity index (χ1) is 15.6. The second kappa shape index (κ2) is 9.52. The van der Waals surface area contributed by atoms with Crippen LogP contribution in [0, 0.1) is 0 Å². The van der Waals surface area contributed by atoms with Crippen molar-refractivity contribution in [2.45, 2.75) is 46.5 Å². The summed E-state index contributed by atoms with van der Waals surface area (Å²) < 4.78 is 15.1. The van der Waals surface area contributed by atoms with Gasteiger partial charge in [-0.05, 0) is 0 Å². The van der Waals surface area contributed by atoms with Crippen LogP contribution in [0.15, 0.2) is 97.1 Å². The quantitative estimate of drug-likeness (QED) is 0.327. The molecule has 0 amide bonds. The fourth-order valence-corrected chi connectivity index (χ4v) is 16.9. The normalized spacial score (nSPS) is 16.7. The van der Waals surface area contributed by atoms with Crippen molar-refractivity contribution in [2.24, 2.45) is 0 Å². The Balaban J connectivity index is 1.89. The summed E-state index contributed by atoms with van der Waals surface area (Å²) in [7, 11) is -3.20. The molecule has 2 aromatic rings. The number of hydrogen-bond acceptors (Lipinski definition) is 2. The summed E-state index contributed by atoms with van der Waals surface area (Å²) >= 11 is -3.97. The summed E-state index contributed by atoms with van der Waals surface area (Å²) in [6.45, 7) is 14.3. The predicted octanol–water partition coefficient (Wildman–Crippen LogP) is 7.05. The first kappa shape index (κ1) is 24.4. The van der Waals surface area contributed by atoms with Crippen molar-refractivity contribution < 1.29 is 26.8 Å². The van der Waals surface area contributed by atoms with E-state index in [4.69, 9.17) is 5.63 Å². The second-order valence-corrected chi connectivity index (χ2v) is 28.9. The maximum atomic E-state index is 7.33. The minimum absolute atomic E-state index is 0.195. The summed E-state index contributed by atoms with van der Waals surface area (Å²) in [5.74, 6) is 2.06. The van der Waals surface area contributed by atoms with E-state index in [1.807, 2.05) is 0 Å². The number of para-hydroxylation sites is 2. The molecule has 0 saturated carbocycles. The SMILES string of the molecule is C[Si](C)(C)c1ccccc1[O][Zr]([O]c1ccccc1[Si](C)(C)C)([CH]1C=CC=C1)[CH]1C=CC=C1. The third-order valence-electron chi connectivity index (χ3n) is 6.35. The van der Waals surface area contributed by atoms with Crippen molar-refractivity contribution in [3.63, 3.8) is 0 Å². The van der Waals surface area contributed by atoms with Crippen LogP contribution in [0.3, 0.4) is 0 Å². The fraction of sp³-hybridized carbons (Fsp3) is 0.286. The molecule has 172 valence electrons. The summed E-state index contributed by atoms with van der Waals surface area (Å²) in [6.07, 6.45) is 17.8. The Bertz CT molecular complexity index is 1010. The van der Waals surface area contributed by atoms with Crippen LogP contribution >= 0.6 is 0 Å². The molecule has 0 saturated heterocycles. The molecular weight excluding hydrogens is 516 g/mol. The van der Waals surface area contributed by atoms with Gasteiger partial charge in [0.15, 0.2) is 0 Å². The zero-order chi connectivity index (χ0) is 23.7. The average Bonchev–Trinajstić information content (AvgIpc) is 3.47. The van der Waals surface area contributed by atoms with E-state index in [-0.39, 0.29) is 7.25 Å². The van der Waals surface area contributed by atoms with E-state index in [9.17, 15) is 0 Å². The molecule has 4 rings (SSSR count). The van der Waals surface area contributed by atoms with Gasteiger partial charge in [0.2, 0.25) is 0 Å². The van der Waals surface area contributed by atoms with Gasteiger partial charge in [0.05, 0.1) is 0 Å². The van der Waals surface area contributed by atoms with Crippen molar-refractivity contribution in [3.05, 3.63) is 97.1 Å². The monoisotopic (exact) mass is 550 g/mol. The first-order valence-electron chi connectivity index (χ1n) is 11.9. The zero-order valence-electron chi connectivity index (χ0n) is 20.7. The molecule has 0 radical (unpaired) electrons. The third kappa shape index (κ3) is 5.21. The molecule has 0 spiro atoms. The van der Waals surface area contributed by atoms with Crippen molar-refractivity contribution >= 4 is 26.5 Å². The van der Waals surface area contributed by atoms with E-state index >= 15 is 0 Å². The number of rotatable bonds is 8. The van der Waals surface area contributed by atoms with E-state index in [2.05, 4.69) is 136 Å². The summed E-state index contributed by atoms with van der Waals surface area (Å²) in [6, 6.07) is 17.3. The molecule has 2 aromatic carbocycles. The summed E-state index contributed by atoms with van der Waals surface area (Å²) in [5, 5.41) is 2.73. The molecule has 0 heterocycles. The standard InChI is InChI=1S/2C9H14OSi.2C5H5.Zr/c2*1-11(2,3)9-7-5-4-6-8(9)10;2*1-2-4-5-3-1;/h2*4-7,10H,1-3H3;2*1-5H;/q;;;;+2/p-2. The van der Waals surface area contributed by atoms with Gasteiger partial charge >= 0.3 is 208 Å². The van der Waals surface area contributed by atoms with Crippen LogP contribution in [0.4, 0.5) is 0 Å². The van der Waals surface area contributed by atoms with Crippen molar-refractivity contribution in [1.82, 2.24) is 0 Å². The molecule has 33 heavy (non-hydrogen) atoms. The zero-order valence-corrected chi connectivity index (χ0v) is 25.2. The Morgan fingerprint density at radius 2 is 0.879 bits per heavy atom. The molecule has 2 aliphatic carbocycles. The van der Waals surface area contributed by atoms with E-state index in [1.165, 1.54) is 10.4 Å². The Morgan fingerprint density at radius 3 is 1.21 bits per heavy atom. The minimum atomic E-state index is -3.97. The van der Waals surface area contributed by atoms with E-state index in [0.717, 1.165) is 11.5 Å². The molecule has 5 heteroatoms. The number of hydrogen-bond donors (Lipinski definition) is 0. The molecule has 0 unspecified atom stereocenters.